The van der Waals surface area contributed by atoms with E-state index < -0.39 is 23.0 Å². The minimum absolute atomic E-state index is 0.0105. The molecule has 0 heterocycles. The summed E-state index contributed by atoms with van der Waals surface area (Å²) in [4.78, 5) is 23.4. The Kier molecular flexibility index (Phi) is 5.21. The number of hydrogen-bond donors (Lipinski definition) is 1. The molecule has 0 aliphatic heterocycles. The standard InChI is InChI=1S/C19H18F2O4/c1-19(2,3)17(22)10-25-16-7-4-11(8-14(16)18(23)24)13-6-5-12(20)9-15(13)21/h4-9H,10H2,1-3H3,(H,23,24). The molecule has 2 aromatic carbocycles. The second kappa shape index (κ2) is 7.01. The lowest BCUT2D eigenvalue weighted by Gasteiger charge is -2.17. The van der Waals surface area contributed by atoms with Crippen LogP contribution in [0.15, 0.2) is 36.4 Å². The highest BCUT2D eigenvalue weighted by Crippen LogP contribution is 2.29. The quantitative estimate of drug-likeness (QED) is 0.874. The molecule has 25 heavy (non-hydrogen) atoms. The average molecular weight is 348 g/mol. The molecule has 0 aliphatic rings. The molecule has 2 aromatic rings. The van der Waals surface area contributed by atoms with Crippen LogP contribution in [0.4, 0.5) is 8.78 Å². The summed E-state index contributed by atoms with van der Waals surface area (Å²) < 4.78 is 32.3. The fourth-order valence-corrected chi connectivity index (χ4v) is 2.07. The minimum atomic E-state index is -1.28. The average Bonchev–Trinajstić information content (AvgIpc) is 2.51. The summed E-state index contributed by atoms with van der Waals surface area (Å²) in [6, 6.07) is 7.09. The van der Waals surface area contributed by atoms with Crippen molar-refractivity contribution in [2.45, 2.75) is 20.8 Å². The number of benzene rings is 2. The van der Waals surface area contributed by atoms with Gasteiger partial charge >= 0.3 is 5.97 Å². The number of Topliss-reactive ketones (excluding diaryl/α,β-unsaturated/α-hetero) is 1. The van der Waals surface area contributed by atoms with E-state index in [9.17, 15) is 23.5 Å². The van der Waals surface area contributed by atoms with E-state index in [2.05, 4.69) is 0 Å². The predicted molar refractivity (Wildman–Crippen MR) is 88.7 cm³/mol. The summed E-state index contributed by atoms with van der Waals surface area (Å²) in [5.74, 6) is -2.97. The lowest BCUT2D eigenvalue weighted by molar-refractivity contribution is -0.128. The number of ketones is 1. The largest absolute Gasteiger partial charge is 0.485 e. The minimum Gasteiger partial charge on any atom is -0.485 e. The van der Waals surface area contributed by atoms with Crippen LogP contribution < -0.4 is 4.74 Å². The van der Waals surface area contributed by atoms with Crippen molar-refractivity contribution in [3.05, 3.63) is 53.6 Å². The number of rotatable bonds is 5. The fraction of sp³-hybridized carbons (Fsp3) is 0.263. The molecule has 0 amide bonds. The number of carbonyl (C=O) groups excluding carboxylic acids is 1. The van der Waals surface area contributed by atoms with E-state index in [0.717, 1.165) is 12.1 Å². The van der Waals surface area contributed by atoms with Crippen molar-refractivity contribution in [1.29, 1.82) is 0 Å². The van der Waals surface area contributed by atoms with Crippen molar-refractivity contribution >= 4 is 11.8 Å². The second-order valence-corrected chi connectivity index (χ2v) is 6.60. The number of ether oxygens (including phenoxy) is 1. The fourth-order valence-electron chi connectivity index (χ4n) is 2.07. The summed E-state index contributed by atoms with van der Waals surface area (Å²) in [6.45, 7) is 4.93. The Hall–Kier alpha value is -2.76. The highest BCUT2D eigenvalue weighted by atomic mass is 19.1. The molecule has 4 nitrogen and oxygen atoms in total. The van der Waals surface area contributed by atoms with E-state index in [4.69, 9.17) is 4.74 Å². The number of aromatic carboxylic acids is 1. The van der Waals surface area contributed by atoms with E-state index in [1.165, 1.54) is 24.3 Å². The van der Waals surface area contributed by atoms with Gasteiger partial charge in [0.05, 0.1) is 0 Å². The van der Waals surface area contributed by atoms with Crippen molar-refractivity contribution in [3.8, 4) is 16.9 Å². The molecule has 0 aromatic heterocycles. The third-order valence-corrected chi connectivity index (χ3v) is 3.65. The Morgan fingerprint density at radius 3 is 2.32 bits per heavy atom. The first-order valence-electron chi connectivity index (χ1n) is 7.58. The van der Waals surface area contributed by atoms with Crippen molar-refractivity contribution < 1.29 is 28.2 Å². The van der Waals surface area contributed by atoms with E-state index in [1.54, 1.807) is 20.8 Å². The van der Waals surface area contributed by atoms with Crippen molar-refractivity contribution in [3.63, 3.8) is 0 Å². The lowest BCUT2D eigenvalue weighted by Crippen LogP contribution is -2.26. The third-order valence-electron chi connectivity index (χ3n) is 3.65. The van der Waals surface area contributed by atoms with Crippen LogP contribution in [-0.2, 0) is 4.79 Å². The van der Waals surface area contributed by atoms with E-state index in [0.29, 0.717) is 0 Å². The lowest BCUT2D eigenvalue weighted by atomic mass is 9.91. The molecule has 0 atom stereocenters. The van der Waals surface area contributed by atoms with Gasteiger partial charge in [0.2, 0.25) is 0 Å². The van der Waals surface area contributed by atoms with Crippen LogP contribution in [0, 0.1) is 17.0 Å². The topological polar surface area (TPSA) is 63.6 Å². The maximum atomic E-state index is 13.9. The van der Waals surface area contributed by atoms with Gasteiger partial charge in [0.1, 0.15) is 29.6 Å². The predicted octanol–water partition coefficient (Wildman–Crippen LogP) is 4.32. The van der Waals surface area contributed by atoms with Gasteiger partial charge in [-0.3, -0.25) is 4.79 Å². The Labute approximate surface area is 144 Å². The van der Waals surface area contributed by atoms with Gasteiger partial charge in [0.15, 0.2) is 5.78 Å². The number of hydrogen-bond acceptors (Lipinski definition) is 3. The first kappa shape index (κ1) is 18.6. The first-order chi connectivity index (χ1) is 11.6. The molecule has 0 spiro atoms. The molecule has 0 bridgehead atoms. The van der Waals surface area contributed by atoms with Gasteiger partial charge in [0.25, 0.3) is 0 Å². The van der Waals surface area contributed by atoms with E-state index in [1.807, 2.05) is 0 Å². The third kappa shape index (κ3) is 4.41. The Morgan fingerprint density at radius 1 is 1.08 bits per heavy atom. The summed E-state index contributed by atoms with van der Waals surface area (Å²) >= 11 is 0. The molecule has 0 saturated carbocycles. The molecular formula is C19H18F2O4. The number of carboxylic acid groups (broad SMARTS) is 1. The SMILES string of the molecule is CC(C)(C)C(=O)COc1ccc(-c2ccc(F)cc2F)cc1C(=O)O. The van der Waals surface area contributed by atoms with E-state index in [-0.39, 0.29) is 34.8 Å². The zero-order valence-electron chi connectivity index (χ0n) is 14.1. The highest BCUT2D eigenvalue weighted by molar-refractivity contribution is 5.93. The van der Waals surface area contributed by atoms with Crippen LogP contribution in [0.2, 0.25) is 0 Å². The zero-order chi connectivity index (χ0) is 18.8. The molecular weight excluding hydrogens is 330 g/mol. The molecule has 0 fully saturated rings. The summed E-state index contributed by atoms with van der Waals surface area (Å²) in [5.41, 5.74) is -0.478. The van der Waals surface area contributed by atoms with Gasteiger partial charge in [0, 0.05) is 17.0 Å². The zero-order valence-corrected chi connectivity index (χ0v) is 14.1. The van der Waals surface area contributed by atoms with Gasteiger partial charge in [-0.2, -0.15) is 0 Å². The summed E-state index contributed by atoms with van der Waals surface area (Å²) in [7, 11) is 0. The Balaban J connectivity index is 2.35. The van der Waals surface area contributed by atoms with Gasteiger partial charge in [-0.15, -0.1) is 0 Å². The number of halogens is 2. The number of carbonyl (C=O) groups is 2. The molecule has 6 heteroatoms. The molecule has 0 saturated heterocycles. The van der Waals surface area contributed by atoms with Crippen molar-refractivity contribution in [1.82, 2.24) is 0 Å². The molecule has 132 valence electrons. The van der Waals surface area contributed by atoms with Crippen LogP contribution in [-0.4, -0.2) is 23.5 Å². The Bertz CT molecular complexity index is 823. The van der Waals surface area contributed by atoms with Crippen molar-refractivity contribution in [2.75, 3.05) is 6.61 Å². The van der Waals surface area contributed by atoms with Gasteiger partial charge in [-0.05, 0) is 29.8 Å². The Morgan fingerprint density at radius 2 is 1.76 bits per heavy atom. The molecule has 0 aliphatic carbocycles. The molecule has 1 N–H and O–H groups in total. The van der Waals surface area contributed by atoms with Crippen LogP contribution >= 0.6 is 0 Å². The van der Waals surface area contributed by atoms with Crippen LogP contribution in [0.1, 0.15) is 31.1 Å². The smallest absolute Gasteiger partial charge is 0.339 e. The molecule has 2 rings (SSSR count). The van der Waals surface area contributed by atoms with E-state index >= 15 is 0 Å². The van der Waals surface area contributed by atoms with Gasteiger partial charge < -0.3 is 9.84 Å². The molecule has 0 radical (unpaired) electrons. The molecule has 0 unspecified atom stereocenters. The van der Waals surface area contributed by atoms with Gasteiger partial charge in [-0.1, -0.05) is 26.8 Å². The maximum Gasteiger partial charge on any atom is 0.339 e. The van der Waals surface area contributed by atoms with Crippen LogP contribution in [0.3, 0.4) is 0 Å². The number of carboxylic acids is 1. The van der Waals surface area contributed by atoms with Crippen LogP contribution in [0.25, 0.3) is 11.1 Å². The van der Waals surface area contributed by atoms with Crippen LogP contribution in [0.5, 0.6) is 5.75 Å². The highest BCUT2D eigenvalue weighted by Gasteiger charge is 2.23. The summed E-state index contributed by atoms with van der Waals surface area (Å²) in [5, 5.41) is 9.36. The van der Waals surface area contributed by atoms with Gasteiger partial charge in [-0.25, -0.2) is 13.6 Å². The van der Waals surface area contributed by atoms with Crippen molar-refractivity contribution in [2.24, 2.45) is 5.41 Å². The summed E-state index contributed by atoms with van der Waals surface area (Å²) in [6.07, 6.45) is 0. The normalized spacial score (nSPS) is 11.2. The monoisotopic (exact) mass is 348 g/mol. The maximum absolute atomic E-state index is 13.9. The first-order valence-corrected chi connectivity index (χ1v) is 7.58. The second-order valence-electron chi connectivity index (χ2n) is 6.60.